The number of hydrogen-bond donors (Lipinski definition) is 2. The van der Waals surface area contributed by atoms with Gasteiger partial charge >= 0.3 is 0 Å². The Morgan fingerprint density at radius 2 is 1.90 bits per heavy atom. The average Bonchev–Trinajstić information content (AvgIpc) is 3.43. The molecule has 0 spiro atoms. The van der Waals surface area contributed by atoms with Crippen LogP contribution in [0.25, 0.3) is 17.4 Å². The lowest BCUT2D eigenvalue weighted by molar-refractivity contribution is 0.306. The number of furan rings is 1. The highest BCUT2D eigenvalue weighted by atomic mass is 35.5. The first-order chi connectivity index (χ1) is 20.1. The molecule has 0 fully saturated rings. The first kappa shape index (κ1) is 30.8. The van der Waals surface area contributed by atoms with Crippen LogP contribution < -0.4 is 15.4 Å². The van der Waals surface area contributed by atoms with Crippen molar-refractivity contribution in [1.82, 2.24) is 5.32 Å². The van der Waals surface area contributed by atoms with E-state index in [1.807, 2.05) is 73.7 Å². The van der Waals surface area contributed by atoms with Crippen molar-refractivity contribution in [2.24, 2.45) is 4.99 Å². The number of nitrogens with one attached hydrogen (secondary N) is 2. The van der Waals surface area contributed by atoms with E-state index in [2.05, 4.69) is 28.8 Å². The van der Waals surface area contributed by atoms with Gasteiger partial charge in [-0.25, -0.2) is 13.4 Å². The zero-order chi connectivity index (χ0) is 30.1. The van der Waals surface area contributed by atoms with Crippen LogP contribution in [-0.4, -0.2) is 32.8 Å². The molecule has 42 heavy (non-hydrogen) atoms. The van der Waals surface area contributed by atoms with Crippen LogP contribution in [0.15, 0.2) is 102 Å². The van der Waals surface area contributed by atoms with E-state index in [0.717, 1.165) is 33.5 Å². The summed E-state index contributed by atoms with van der Waals surface area (Å²) in [6, 6.07) is 23.2. The van der Waals surface area contributed by atoms with Gasteiger partial charge < -0.3 is 19.8 Å². The Bertz CT molecular complexity index is 1710. The summed E-state index contributed by atoms with van der Waals surface area (Å²) in [7, 11) is -3.01. The van der Waals surface area contributed by atoms with E-state index < -0.39 is 9.84 Å². The highest BCUT2D eigenvalue weighted by Gasteiger charge is 2.13. The summed E-state index contributed by atoms with van der Waals surface area (Å²) in [6.45, 7) is 10.8. The van der Waals surface area contributed by atoms with Crippen LogP contribution in [0.2, 0.25) is 5.02 Å². The Balaban J connectivity index is 1.47. The summed E-state index contributed by atoms with van der Waals surface area (Å²) < 4.78 is 34.7. The third-order valence-electron chi connectivity index (χ3n) is 6.38. The standard InChI is InChI=1S/C33H34ClN3O4S/c1-5-24-8-7-9-25(18-24)22-40-32-14-12-27(20-30(32)34)37-33(36-6-2)29-19-26(11-10-23(29)3)31-15-13-28(41-31)21-35-16-17-42(4,38)39/h5-15,18-20,35H,1-2,16-17,21-22H2,3-4H3,(H,36,37). The Hall–Kier alpha value is -4.11. The minimum absolute atomic E-state index is 0.0752. The number of halogens is 1. The van der Waals surface area contributed by atoms with Crippen LogP contribution in [0.1, 0.15) is 28.0 Å². The molecule has 0 saturated heterocycles. The van der Waals surface area contributed by atoms with Crippen LogP contribution in [0.3, 0.4) is 0 Å². The van der Waals surface area contributed by atoms with Gasteiger partial charge in [0.05, 0.1) is 17.3 Å². The number of benzene rings is 3. The lowest BCUT2D eigenvalue weighted by atomic mass is 10.0. The molecule has 9 heteroatoms. The number of hydrogen-bond acceptors (Lipinski definition) is 6. The molecule has 0 amide bonds. The van der Waals surface area contributed by atoms with Gasteiger partial charge in [0.15, 0.2) is 0 Å². The van der Waals surface area contributed by atoms with Crippen molar-refractivity contribution in [3.8, 4) is 17.1 Å². The van der Waals surface area contributed by atoms with E-state index in [9.17, 15) is 8.42 Å². The van der Waals surface area contributed by atoms with Crippen molar-refractivity contribution < 1.29 is 17.6 Å². The molecule has 4 rings (SSSR count). The minimum atomic E-state index is -3.01. The van der Waals surface area contributed by atoms with Crippen molar-refractivity contribution in [2.45, 2.75) is 20.1 Å². The van der Waals surface area contributed by atoms with Crippen LogP contribution in [0.5, 0.6) is 5.75 Å². The van der Waals surface area contributed by atoms with Gasteiger partial charge in [-0.15, -0.1) is 0 Å². The van der Waals surface area contributed by atoms with E-state index >= 15 is 0 Å². The SMILES string of the molecule is C=CN=C(Nc1ccc(OCc2cccc(C=C)c2)c(Cl)c1)c1cc(-c2ccc(CNCCS(C)(=O)=O)o2)ccc1C. The van der Waals surface area contributed by atoms with Crippen LogP contribution >= 0.6 is 11.6 Å². The van der Waals surface area contributed by atoms with Crippen LogP contribution in [0, 0.1) is 6.92 Å². The summed E-state index contributed by atoms with van der Waals surface area (Å²) in [6.07, 6.45) is 4.50. The van der Waals surface area contributed by atoms with E-state index in [1.54, 1.807) is 12.1 Å². The lowest BCUT2D eigenvalue weighted by Crippen LogP contribution is -2.21. The topological polar surface area (TPSA) is 92.9 Å². The summed E-state index contributed by atoms with van der Waals surface area (Å²) in [5, 5.41) is 6.93. The molecular weight excluding hydrogens is 570 g/mol. The van der Waals surface area contributed by atoms with Gasteiger partial charge in [0.1, 0.15) is 39.5 Å². The van der Waals surface area contributed by atoms with Crippen LogP contribution in [-0.2, 0) is 23.0 Å². The molecule has 0 radical (unpaired) electrons. The second kappa shape index (κ2) is 14.2. The van der Waals surface area contributed by atoms with Gasteiger partial charge in [0, 0.05) is 35.8 Å². The zero-order valence-electron chi connectivity index (χ0n) is 23.7. The van der Waals surface area contributed by atoms with E-state index in [1.165, 1.54) is 12.5 Å². The van der Waals surface area contributed by atoms with Crippen molar-refractivity contribution >= 4 is 39.0 Å². The fraction of sp³-hybridized carbons (Fsp3) is 0.182. The number of anilines is 1. The molecule has 1 heterocycles. The molecule has 0 bridgehead atoms. The number of amidine groups is 1. The van der Waals surface area contributed by atoms with Gasteiger partial charge in [-0.1, -0.05) is 61.2 Å². The normalized spacial score (nSPS) is 11.7. The summed E-state index contributed by atoms with van der Waals surface area (Å²) >= 11 is 6.58. The van der Waals surface area contributed by atoms with Gasteiger partial charge in [-0.05, 0) is 66.1 Å². The van der Waals surface area contributed by atoms with Crippen molar-refractivity contribution in [1.29, 1.82) is 0 Å². The fourth-order valence-electron chi connectivity index (χ4n) is 4.19. The second-order valence-electron chi connectivity index (χ2n) is 9.77. The third kappa shape index (κ3) is 8.69. The molecule has 0 aliphatic rings. The third-order valence-corrected chi connectivity index (χ3v) is 7.62. The Morgan fingerprint density at radius 1 is 1.07 bits per heavy atom. The zero-order valence-corrected chi connectivity index (χ0v) is 25.3. The number of nitrogens with zero attached hydrogens (tertiary/aromatic N) is 1. The number of aliphatic imine (C=N–C) groups is 1. The number of ether oxygens (including phenoxy) is 1. The maximum absolute atomic E-state index is 11.3. The van der Waals surface area contributed by atoms with Gasteiger partial charge in [0.25, 0.3) is 0 Å². The van der Waals surface area contributed by atoms with Gasteiger partial charge in [0.2, 0.25) is 0 Å². The molecule has 0 atom stereocenters. The molecule has 0 aliphatic carbocycles. The Labute approximate surface area is 252 Å². The lowest BCUT2D eigenvalue weighted by Gasteiger charge is -2.15. The molecule has 2 N–H and O–H groups in total. The maximum atomic E-state index is 11.3. The predicted octanol–water partition coefficient (Wildman–Crippen LogP) is 7.27. The van der Waals surface area contributed by atoms with Gasteiger partial charge in [-0.2, -0.15) is 0 Å². The molecule has 0 unspecified atom stereocenters. The molecule has 4 aromatic rings. The number of rotatable bonds is 13. The smallest absolute Gasteiger partial charge is 0.148 e. The van der Waals surface area contributed by atoms with Crippen LogP contribution in [0.4, 0.5) is 5.69 Å². The molecule has 0 aliphatic heterocycles. The second-order valence-corrected chi connectivity index (χ2v) is 12.4. The predicted molar refractivity (Wildman–Crippen MR) is 173 cm³/mol. The first-order valence-electron chi connectivity index (χ1n) is 13.3. The fourth-order valence-corrected chi connectivity index (χ4v) is 4.94. The summed E-state index contributed by atoms with van der Waals surface area (Å²) in [5.41, 5.74) is 5.55. The van der Waals surface area contributed by atoms with E-state index in [0.29, 0.717) is 47.8 Å². The molecule has 0 saturated carbocycles. The molecule has 218 valence electrons. The number of sulfone groups is 1. The monoisotopic (exact) mass is 603 g/mol. The van der Waals surface area contributed by atoms with E-state index in [-0.39, 0.29) is 5.75 Å². The molecule has 7 nitrogen and oxygen atoms in total. The largest absolute Gasteiger partial charge is 0.487 e. The summed E-state index contributed by atoms with van der Waals surface area (Å²) in [4.78, 5) is 4.50. The Morgan fingerprint density at radius 3 is 2.64 bits per heavy atom. The summed E-state index contributed by atoms with van der Waals surface area (Å²) in [5.74, 6) is 2.66. The quantitative estimate of drug-likeness (QED) is 0.0948. The highest BCUT2D eigenvalue weighted by molar-refractivity contribution is 7.90. The number of aryl methyl sites for hydroxylation is 1. The van der Waals surface area contributed by atoms with Crippen molar-refractivity contribution in [3.63, 3.8) is 0 Å². The maximum Gasteiger partial charge on any atom is 0.148 e. The van der Waals surface area contributed by atoms with Crippen molar-refractivity contribution in [3.05, 3.63) is 125 Å². The Kier molecular flexibility index (Phi) is 10.4. The molecular formula is C33H34ClN3O4S. The van der Waals surface area contributed by atoms with Gasteiger partial charge in [-0.3, -0.25) is 0 Å². The van der Waals surface area contributed by atoms with E-state index in [4.69, 9.17) is 20.8 Å². The first-order valence-corrected chi connectivity index (χ1v) is 15.8. The molecule has 3 aromatic carbocycles. The highest BCUT2D eigenvalue weighted by Crippen LogP contribution is 2.30. The van der Waals surface area contributed by atoms with Crippen molar-refractivity contribution in [2.75, 3.05) is 23.9 Å². The minimum Gasteiger partial charge on any atom is -0.487 e. The molecule has 1 aromatic heterocycles. The average molecular weight is 604 g/mol.